The van der Waals surface area contributed by atoms with Crippen molar-refractivity contribution in [3.63, 3.8) is 0 Å². The zero-order chi connectivity index (χ0) is 24.2. The van der Waals surface area contributed by atoms with Crippen molar-refractivity contribution in [2.75, 3.05) is 18.9 Å². The normalized spacial score (nSPS) is 25.1. The Morgan fingerprint density at radius 1 is 1.06 bits per heavy atom. The number of piperidine rings is 1. The third-order valence-electron chi connectivity index (χ3n) is 7.17. The second kappa shape index (κ2) is 7.74. The second-order valence-corrected chi connectivity index (χ2v) is 10.4. The fourth-order valence-electron chi connectivity index (χ4n) is 5.80. The van der Waals surface area contributed by atoms with Crippen LogP contribution in [0, 0.1) is 0 Å². The first-order valence-electron chi connectivity index (χ1n) is 11.4. The van der Waals surface area contributed by atoms with Gasteiger partial charge in [-0.05, 0) is 71.1 Å². The van der Waals surface area contributed by atoms with Crippen LogP contribution in [0.1, 0.15) is 64.5 Å². The molecule has 1 spiro atoms. The maximum Gasteiger partial charge on any atom is 0.418 e. The Morgan fingerprint density at radius 3 is 2.36 bits per heavy atom. The number of anilines is 1. The molecule has 1 unspecified atom stereocenters. The molecular weight excluding hydrogens is 424 g/mol. The summed E-state index contributed by atoms with van der Waals surface area (Å²) in [5, 5.41) is 5.19. The van der Waals surface area contributed by atoms with Crippen LogP contribution in [0.15, 0.2) is 18.2 Å². The molecule has 2 N–H and O–H groups in total. The molecule has 1 aromatic carbocycles. The standard InChI is InChI=1S/C24H32N4O5/c1-22(2)10-6-11-23(3,4)28(22)18(29)14-27-19(30)24(33-21(27)32)12-9-15-13-16(7-8-17(15)24)26-20(31)25-5/h7-8,13H,6,9-12,14H2,1-5H3,(H2,25,26,31). The fraction of sp³-hybridized carbons (Fsp3) is 0.583. The molecule has 2 fully saturated rings. The van der Waals surface area contributed by atoms with Gasteiger partial charge in [-0.2, -0.15) is 0 Å². The van der Waals surface area contributed by atoms with E-state index in [0.717, 1.165) is 29.7 Å². The Morgan fingerprint density at radius 2 is 1.73 bits per heavy atom. The predicted molar refractivity (Wildman–Crippen MR) is 122 cm³/mol. The van der Waals surface area contributed by atoms with Crippen molar-refractivity contribution in [1.29, 1.82) is 0 Å². The van der Waals surface area contributed by atoms with E-state index in [9.17, 15) is 19.2 Å². The van der Waals surface area contributed by atoms with Crippen LogP contribution in [0.3, 0.4) is 0 Å². The largest absolute Gasteiger partial charge is 0.427 e. The van der Waals surface area contributed by atoms with Crippen molar-refractivity contribution in [2.45, 2.75) is 76.5 Å². The third kappa shape index (κ3) is 3.73. The van der Waals surface area contributed by atoms with Crippen LogP contribution in [-0.4, -0.2) is 58.4 Å². The highest BCUT2D eigenvalue weighted by atomic mass is 16.6. The number of hydrogen-bond acceptors (Lipinski definition) is 5. The first-order chi connectivity index (χ1) is 15.4. The summed E-state index contributed by atoms with van der Waals surface area (Å²) >= 11 is 0. The highest BCUT2D eigenvalue weighted by Gasteiger charge is 2.59. The van der Waals surface area contributed by atoms with Gasteiger partial charge in [0, 0.05) is 35.8 Å². The molecule has 0 saturated carbocycles. The molecule has 2 heterocycles. The van der Waals surface area contributed by atoms with Gasteiger partial charge in [0.1, 0.15) is 6.54 Å². The Bertz CT molecular complexity index is 1020. The highest BCUT2D eigenvalue weighted by molar-refractivity contribution is 6.06. The number of amides is 5. The molecule has 178 valence electrons. The summed E-state index contributed by atoms with van der Waals surface area (Å²) in [6.07, 6.45) is 2.79. The molecule has 5 amide bonds. The van der Waals surface area contributed by atoms with Crippen molar-refractivity contribution >= 4 is 29.6 Å². The van der Waals surface area contributed by atoms with E-state index in [4.69, 9.17) is 4.74 Å². The van der Waals surface area contributed by atoms with Crippen LogP contribution in [0.4, 0.5) is 15.3 Å². The number of ether oxygens (including phenoxy) is 1. The lowest BCUT2D eigenvalue weighted by Crippen LogP contribution is -2.63. The zero-order valence-electron chi connectivity index (χ0n) is 19.9. The molecule has 2 saturated heterocycles. The molecular formula is C24H32N4O5. The minimum Gasteiger partial charge on any atom is -0.427 e. The minimum absolute atomic E-state index is 0.254. The lowest BCUT2D eigenvalue weighted by Gasteiger charge is -2.53. The number of likely N-dealkylation sites (tertiary alicyclic amines) is 1. The van der Waals surface area contributed by atoms with E-state index in [1.807, 2.05) is 32.6 Å². The summed E-state index contributed by atoms with van der Waals surface area (Å²) in [5.41, 5.74) is -0.114. The van der Waals surface area contributed by atoms with Gasteiger partial charge in [0.05, 0.1) is 0 Å². The number of aryl methyl sites for hydroxylation is 1. The molecule has 1 aromatic rings. The molecule has 4 rings (SSSR count). The number of nitrogens with one attached hydrogen (secondary N) is 2. The van der Waals surface area contributed by atoms with Gasteiger partial charge in [-0.1, -0.05) is 6.07 Å². The van der Waals surface area contributed by atoms with Gasteiger partial charge < -0.3 is 20.3 Å². The molecule has 0 aromatic heterocycles. The third-order valence-corrected chi connectivity index (χ3v) is 7.17. The lowest BCUT2D eigenvalue weighted by atomic mass is 9.79. The quantitative estimate of drug-likeness (QED) is 0.727. The van der Waals surface area contributed by atoms with Crippen molar-refractivity contribution in [1.82, 2.24) is 15.1 Å². The summed E-state index contributed by atoms with van der Waals surface area (Å²) in [4.78, 5) is 54.0. The number of carbonyl (C=O) groups is 4. The topological polar surface area (TPSA) is 108 Å². The van der Waals surface area contributed by atoms with Crippen molar-refractivity contribution in [2.24, 2.45) is 0 Å². The number of urea groups is 1. The highest BCUT2D eigenvalue weighted by Crippen LogP contribution is 2.46. The Kier molecular flexibility index (Phi) is 5.41. The van der Waals surface area contributed by atoms with Crippen LogP contribution >= 0.6 is 0 Å². The summed E-state index contributed by atoms with van der Waals surface area (Å²) in [6, 6.07) is 4.82. The van der Waals surface area contributed by atoms with Gasteiger partial charge in [0.15, 0.2) is 0 Å². The van der Waals surface area contributed by atoms with E-state index in [-0.39, 0.29) is 29.6 Å². The van der Waals surface area contributed by atoms with E-state index in [0.29, 0.717) is 24.1 Å². The molecule has 1 atom stereocenters. The van der Waals surface area contributed by atoms with Crippen molar-refractivity contribution in [3.8, 4) is 0 Å². The Balaban J connectivity index is 1.57. The minimum atomic E-state index is -1.41. The van der Waals surface area contributed by atoms with E-state index in [1.54, 1.807) is 18.2 Å². The van der Waals surface area contributed by atoms with Crippen molar-refractivity contribution < 1.29 is 23.9 Å². The van der Waals surface area contributed by atoms with Gasteiger partial charge in [-0.25, -0.2) is 14.5 Å². The zero-order valence-corrected chi connectivity index (χ0v) is 19.9. The summed E-state index contributed by atoms with van der Waals surface area (Å²) in [6.45, 7) is 7.76. The monoisotopic (exact) mass is 456 g/mol. The molecule has 3 aliphatic rings. The molecule has 9 heteroatoms. The maximum absolute atomic E-state index is 13.5. The molecule has 0 radical (unpaired) electrons. The van der Waals surface area contributed by atoms with Crippen LogP contribution < -0.4 is 10.6 Å². The van der Waals surface area contributed by atoms with E-state index >= 15 is 0 Å². The van der Waals surface area contributed by atoms with Crippen molar-refractivity contribution in [3.05, 3.63) is 29.3 Å². The van der Waals surface area contributed by atoms with Gasteiger partial charge in [-0.3, -0.25) is 9.59 Å². The second-order valence-electron chi connectivity index (χ2n) is 10.4. The number of nitrogens with zero attached hydrogens (tertiary/aromatic N) is 2. The molecule has 33 heavy (non-hydrogen) atoms. The van der Waals surface area contributed by atoms with Crippen LogP contribution in [-0.2, 0) is 26.3 Å². The predicted octanol–water partition coefficient (Wildman–Crippen LogP) is 3.13. The number of benzene rings is 1. The van der Waals surface area contributed by atoms with Gasteiger partial charge >= 0.3 is 12.1 Å². The SMILES string of the molecule is CNC(=O)Nc1ccc2c(c1)CCC21OC(=O)N(CC(=O)N2C(C)(C)CCCC2(C)C)C1=O. The average molecular weight is 457 g/mol. The van der Waals surface area contributed by atoms with Gasteiger partial charge in [-0.15, -0.1) is 0 Å². The van der Waals surface area contributed by atoms with Crippen LogP contribution in [0.2, 0.25) is 0 Å². The average Bonchev–Trinajstić information content (AvgIpc) is 3.19. The summed E-state index contributed by atoms with van der Waals surface area (Å²) in [7, 11) is 1.52. The summed E-state index contributed by atoms with van der Waals surface area (Å²) < 4.78 is 5.66. The van der Waals surface area contributed by atoms with E-state index < -0.39 is 17.6 Å². The van der Waals surface area contributed by atoms with Crippen LogP contribution in [0.25, 0.3) is 0 Å². The van der Waals surface area contributed by atoms with E-state index in [1.165, 1.54) is 7.05 Å². The van der Waals surface area contributed by atoms with Crippen LogP contribution in [0.5, 0.6) is 0 Å². The van der Waals surface area contributed by atoms with E-state index in [2.05, 4.69) is 10.6 Å². The fourth-order valence-corrected chi connectivity index (χ4v) is 5.80. The molecule has 9 nitrogen and oxygen atoms in total. The first-order valence-corrected chi connectivity index (χ1v) is 11.4. The number of imide groups is 1. The molecule has 1 aliphatic carbocycles. The maximum atomic E-state index is 13.5. The Hall–Kier alpha value is -3.10. The molecule has 0 bridgehead atoms. The number of fused-ring (bicyclic) bond motifs is 2. The number of carbonyl (C=O) groups excluding carboxylic acids is 4. The van der Waals surface area contributed by atoms with Gasteiger partial charge in [0.25, 0.3) is 5.91 Å². The Labute approximate surface area is 193 Å². The number of rotatable bonds is 3. The smallest absolute Gasteiger partial charge is 0.418 e. The number of hydrogen-bond donors (Lipinski definition) is 2. The first kappa shape index (κ1) is 23.1. The van der Waals surface area contributed by atoms with Gasteiger partial charge in [0.2, 0.25) is 11.5 Å². The molecule has 2 aliphatic heterocycles. The lowest BCUT2D eigenvalue weighted by molar-refractivity contribution is -0.152. The summed E-state index contributed by atoms with van der Waals surface area (Å²) in [5.74, 6) is -0.755.